The van der Waals surface area contributed by atoms with Gasteiger partial charge in [-0.1, -0.05) is 48.5 Å². The van der Waals surface area contributed by atoms with E-state index in [2.05, 4.69) is 44.0 Å². The van der Waals surface area contributed by atoms with Crippen LogP contribution in [0, 0.1) is 17.8 Å². The lowest BCUT2D eigenvalue weighted by atomic mass is 9.64. The number of amides is 3. The summed E-state index contributed by atoms with van der Waals surface area (Å²) in [5, 5.41) is 20.3. The number of piperidine rings is 1. The first-order chi connectivity index (χ1) is 19.5. The van der Waals surface area contributed by atoms with E-state index >= 15 is 0 Å². The number of fused-ring (bicyclic) bond motifs is 6. The molecule has 0 bridgehead atoms. The average Bonchev–Trinajstić information content (AvgIpc) is 3.36. The summed E-state index contributed by atoms with van der Waals surface area (Å²) in [4.78, 5) is 44.1. The number of nitrogens with one attached hydrogen (secondary N) is 4. The highest BCUT2D eigenvalue weighted by Gasteiger charge is 2.49. The second-order valence-corrected chi connectivity index (χ2v) is 11.4. The number of para-hydroxylation sites is 1. The number of aromatic amines is 1. The van der Waals surface area contributed by atoms with E-state index < -0.39 is 17.9 Å². The first-order valence-electron chi connectivity index (χ1n) is 14.3. The quantitative estimate of drug-likeness (QED) is 0.312. The summed E-state index contributed by atoms with van der Waals surface area (Å²) >= 11 is 0. The fraction of sp³-hybridized carbons (Fsp3) is 0.452. The first kappa shape index (κ1) is 26.5. The Bertz CT molecular complexity index is 1390. The van der Waals surface area contributed by atoms with Crippen molar-refractivity contribution < 1.29 is 19.5 Å². The summed E-state index contributed by atoms with van der Waals surface area (Å²) in [5.74, 6) is -1.21. The van der Waals surface area contributed by atoms with Gasteiger partial charge in [-0.25, -0.2) is 0 Å². The summed E-state index contributed by atoms with van der Waals surface area (Å²) in [5.41, 5.74) is 4.74. The Labute approximate surface area is 233 Å². The van der Waals surface area contributed by atoms with Crippen molar-refractivity contribution in [1.29, 1.82) is 0 Å². The van der Waals surface area contributed by atoms with Crippen molar-refractivity contribution in [2.45, 2.75) is 44.4 Å². The maximum absolute atomic E-state index is 13.4. The van der Waals surface area contributed by atoms with Crippen LogP contribution in [-0.4, -0.2) is 65.0 Å². The molecule has 6 rings (SSSR count). The molecule has 0 radical (unpaired) electrons. The molecule has 2 aliphatic heterocycles. The molecule has 1 aliphatic carbocycles. The number of hydrogen-bond donors (Lipinski definition) is 5. The number of carbonyl (C=O) groups is 3. The van der Waals surface area contributed by atoms with Gasteiger partial charge in [0.1, 0.15) is 0 Å². The number of nitrogens with zero attached hydrogens (tertiary/aromatic N) is 1. The molecule has 3 amide bonds. The lowest BCUT2D eigenvalue weighted by Gasteiger charge is -2.51. The van der Waals surface area contributed by atoms with Crippen molar-refractivity contribution in [2.75, 3.05) is 26.2 Å². The number of aliphatic hydroxyl groups is 1. The van der Waals surface area contributed by atoms with E-state index in [9.17, 15) is 19.5 Å². The van der Waals surface area contributed by atoms with Crippen LogP contribution in [0.15, 0.2) is 54.6 Å². The number of H-pyrrole nitrogens is 1. The predicted molar refractivity (Wildman–Crippen MR) is 151 cm³/mol. The minimum atomic E-state index is -0.731. The number of carbonyl (C=O) groups excluding carboxylic acids is 3. The Kier molecular flexibility index (Phi) is 7.58. The van der Waals surface area contributed by atoms with Crippen molar-refractivity contribution in [3.8, 4) is 0 Å². The van der Waals surface area contributed by atoms with Crippen LogP contribution in [0.25, 0.3) is 10.9 Å². The molecule has 40 heavy (non-hydrogen) atoms. The molecule has 2 aromatic carbocycles. The van der Waals surface area contributed by atoms with Gasteiger partial charge in [-0.3, -0.25) is 19.3 Å². The maximum atomic E-state index is 13.4. The van der Waals surface area contributed by atoms with Crippen molar-refractivity contribution in [1.82, 2.24) is 25.8 Å². The van der Waals surface area contributed by atoms with Crippen LogP contribution < -0.4 is 16.0 Å². The molecular weight excluding hydrogens is 506 g/mol. The third-order valence-electron chi connectivity index (χ3n) is 9.05. The summed E-state index contributed by atoms with van der Waals surface area (Å²) in [6, 6.07) is 18.1. The van der Waals surface area contributed by atoms with Gasteiger partial charge in [-0.15, -0.1) is 0 Å². The summed E-state index contributed by atoms with van der Waals surface area (Å²) in [6.45, 7) is 1.91. The van der Waals surface area contributed by atoms with E-state index in [0.29, 0.717) is 18.9 Å². The van der Waals surface area contributed by atoms with E-state index in [-0.39, 0.29) is 36.9 Å². The molecule has 210 valence electrons. The van der Waals surface area contributed by atoms with Crippen LogP contribution in [0.3, 0.4) is 0 Å². The summed E-state index contributed by atoms with van der Waals surface area (Å²) < 4.78 is 0. The lowest BCUT2D eigenvalue weighted by Crippen LogP contribution is -2.55. The highest BCUT2D eigenvalue weighted by Crippen LogP contribution is 2.49. The van der Waals surface area contributed by atoms with E-state index in [1.165, 1.54) is 16.6 Å². The molecule has 5 atom stereocenters. The van der Waals surface area contributed by atoms with Crippen molar-refractivity contribution in [2.24, 2.45) is 17.8 Å². The molecule has 3 aliphatic rings. The normalized spacial score (nSPS) is 25.8. The predicted octanol–water partition coefficient (Wildman–Crippen LogP) is 2.02. The molecule has 5 N–H and O–H groups in total. The third kappa shape index (κ3) is 5.36. The van der Waals surface area contributed by atoms with E-state index in [0.717, 1.165) is 43.4 Å². The van der Waals surface area contributed by atoms with Crippen LogP contribution in [-0.2, 0) is 27.3 Å². The zero-order valence-electron chi connectivity index (χ0n) is 22.6. The minimum absolute atomic E-state index is 0.0363. The van der Waals surface area contributed by atoms with Gasteiger partial charge in [0.05, 0.1) is 31.2 Å². The van der Waals surface area contributed by atoms with Crippen LogP contribution in [0.2, 0.25) is 0 Å². The van der Waals surface area contributed by atoms with Crippen molar-refractivity contribution in [3.05, 3.63) is 71.4 Å². The standard InChI is InChI=1S/C31H37N5O4/c37-26-11-10-20-18-36-13-12-22-21-8-4-5-9-24(21)35-30(22)25(36)14-23(20)29(26)31(40)34-17-28(39)33-16-27(38)32-15-19-6-2-1-3-7-19/h1-9,20,23,25-26,29,35,37H,10-18H2,(H,32,38)(H,33,39)(H,34,40)/t20-,23-,25-,26-,29?/m0/s1. The summed E-state index contributed by atoms with van der Waals surface area (Å²) in [7, 11) is 0. The van der Waals surface area contributed by atoms with Crippen LogP contribution in [0.5, 0.6) is 0 Å². The lowest BCUT2D eigenvalue weighted by molar-refractivity contribution is -0.140. The smallest absolute Gasteiger partial charge is 0.239 e. The molecular formula is C31H37N5O4. The fourth-order valence-electron chi connectivity index (χ4n) is 7.09. The number of rotatable bonds is 7. The second-order valence-electron chi connectivity index (χ2n) is 11.4. The minimum Gasteiger partial charge on any atom is -0.392 e. The number of benzene rings is 2. The Balaban J connectivity index is 1.05. The van der Waals surface area contributed by atoms with Crippen LogP contribution >= 0.6 is 0 Å². The van der Waals surface area contributed by atoms with Gasteiger partial charge in [-0.05, 0) is 54.7 Å². The summed E-state index contributed by atoms with van der Waals surface area (Å²) in [6.07, 6.45) is 2.57. The first-order valence-corrected chi connectivity index (χ1v) is 14.3. The molecule has 9 nitrogen and oxygen atoms in total. The Morgan fingerprint density at radius 1 is 0.925 bits per heavy atom. The van der Waals surface area contributed by atoms with Gasteiger partial charge in [0.15, 0.2) is 0 Å². The fourth-order valence-corrected chi connectivity index (χ4v) is 7.09. The topological polar surface area (TPSA) is 127 Å². The molecule has 1 unspecified atom stereocenters. The van der Waals surface area contributed by atoms with E-state index in [1.54, 1.807) is 0 Å². The van der Waals surface area contributed by atoms with E-state index in [4.69, 9.17) is 0 Å². The van der Waals surface area contributed by atoms with E-state index in [1.807, 2.05) is 36.4 Å². The Hall–Kier alpha value is -3.69. The van der Waals surface area contributed by atoms with Gasteiger partial charge in [0, 0.05) is 36.2 Å². The second kappa shape index (κ2) is 11.4. The molecule has 0 spiro atoms. The monoisotopic (exact) mass is 543 g/mol. The average molecular weight is 544 g/mol. The largest absolute Gasteiger partial charge is 0.392 e. The number of aliphatic hydroxyl groups excluding tert-OH is 1. The highest BCUT2D eigenvalue weighted by atomic mass is 16.3. The molecule has 9 heteroatoms. The zero-order chi connectivity index (χ0) is 27.6. The Morgan fingerprint density at radius 2 is 1.68 bits per heavy atom. The molecule has 2 fully saturated rings. The van der Waals surface area contributed by atoms with Gasteiger partial charge < -0.3 is 26.0 Å². The SMILES string of the molecule is O=C(CNC(=O)CNC(=O)C1[C@H]2C[C@H]3c4[nH]c5ccccc5c4CCN3C[C@@H]2CC[C@@H]1O)NCc1ccccc1. The maximum Gasteiger partial charge on any atom is 0.239 e. The number of hydrogen-bond acceptors (Lipinski definition) is 5. The van der Waals surface area contributed by atoms with Crippen molar-refractivity contribution in [3.63, 3.8) is 0 Å². The Morgan fingerprint density at radius 3 is 2.52 bits per heavy atom. The zero-order valence-corrected chi connectivity index (χ0v) is 22.6. The van der Waals surface area contributed by atoms with Crippen molar-refractivity contribution >= 4 is 28.6 Å². The molecule has 3 aromatic rings. The van der Waals surface area contributed by atoms with Gasteiger partial charge in [-0.2, -0.15) is 0 Å². The van der Waals surface area contributed by atoms with Crippen LogP contribution in [0.4, 0.5) is 0 Å². The molecule has 3 heterocycles. The number of aromatic nitrogens is 1. The third-order valence-corrected chi connectivity index (χ3v) is 9.05. The molecule has 1 saturated carbocycles. The van der Waals surface area contributed by atoms with Gasteiger partial charge in [0.25, 0.3) is 0 Å². The molecule has 1 saturated heterocycles. The highest BCUT2D eigenvalue weighted by molar-refractivity contribution is 5.89. The molecule has 1 aromatic heterocycles. The van der Waals surface area contributed by atoms with Crippen LogP contribution in [0.1, 0.15) is 42.1 Å². The van der Waals surface area contributed by atoms with Gasteiger partial charge in [0.2, 0.25) is 17.7 Å². The van der Waals surface area contributed by atoms with Gasteiger partial charge >= 0.3 is 0 Å².